The number of H-pyrrole nitrogens is 1. The van der Waals surface area contributed by atoms with E-state index in [0.29, 0.717) is 18.3 Å². The molecule has 0 radical (unpaired) electrons. The summed E-state index contributed by atoms with van der Waals surface area (Å²) >= 11 is 5.08. The highest BCUT2D eigenvalue weighted by Gasteiger charge is 2.20. The van der Waals surface area contributed by atoms with Crippen molar-refractivity contribution in [3.63, 3.8) is 0 Å². The predicted molar refractivity (Wildman–Crippen MR) is 88.4 cm³/mol. The number of thioether (sulfide) groups is 1. The quantitative estimate of drug-likeness (QED) is 0.772. The van der Waals surface area contributed by atoms with E-state index in [-0.39, 0.29) is 5.56 Å². The number of nitrogens with zero attached hydrogens (tertiary/aromatic N) is 1. The van der Waals surface area contributed by atoms with Crippen LogP contribution in [-0.4, -0.2) is 16.0 Å². The van der Waals surface area contributed by atoms with Crippen LogP contribution in [-0.2, 0) is 12.3 Å². The first kappa shape index (κ1) is 14.8. The molecule has 1 aliphatic rings. The van der Waals surface area contributed by atoms with Crippen LogP contribution in [0.4, 0.5) is 0 Å². The van der Waals surface area contributed by atoms with E-state index in [4.69, 9.17) is 0 Å². The molecule has 3 rings (SSSR count). The summed E-state index contributed by atoms with van der Waals surface area (Å²) in [6.45, 7) is 0.671. The number of hydrogen-bond acceptors (Lipinski definition) is 4. The minimum Gasteiger partial charge on any atom is -0.310 e. The third-order valence-corrected chi connectivity index (χ3v) is 4.73. The van der Waals surface area contributed by atoms with Gasteiger partial charge in [0, 0.05) is 28.0 Å². The van der Waals surface area contributed by atoms with E-state index >= 15 is 0 Å². The molecule has 4 nitrogen and oxygen atoms in total. The van der Waals surface area contributed by atoms with E-state index in [1.807, 2.05) is 24.3 Å². The maximum atomic E-state index is 11.7. The zero-order valence-corrected chi connectivity index (χ0v) is 13.8. The third kappa shape index (κ3) is 4.69. The third-order valence-electron chi connectivity index (χ3n) is 3.18. The Bertz CT molecular complexity index is 667. The van der Waals surface area contributed by atoms with Crippen LogP contribution in [0.2, 0.25) is 0 Å². The fraction of sp³-hybridized carbons (Fsp3) is 0.333. The van der Waals surface area contributed by atoms with Gasteiger partial charge < -0.3 is 10.3 Å². The van der Waals surface area contributed by atoms with Crippen molar-refractivity contribution in [2.24, 2.45) is 0 Å². The van der Waals surface area contributed by atoms with Crippen molar-refractivity contribution in [3.05, 3.63) is 56.7 Å². The van der Waals surface area contributed by atoms with E-state index in [2.05, 4.69) is 31.2 Å². The van der Waals surface area contributed by atoms with Gasteiger partial charge >= 0.3 is 0 Å². The van der Waals surface area contributed by atoms with Crippen LogP contribution >= 0.6 is 27.7 Å². The van der Waals surface area contributed by atoms with Crippen molar-refractivity contribution in [1.29, 1.82) is 0 Å². The second-order valence-electron chi connectivity index (χ2n) is 5.08. The average molecular weight is 366 g/mol. The Morgan fingerprint density at radius 2 is 2.10 bits per heavy atom. The Balaban J connectivity index is 1.63. The summed E-state index contributed by atoms with van der Waals surface area (Å²) in [5.41, 5.74) is 0.737. The van der Waals surface area contributed by atoms with Gasteiger partial charge in [0.2, 0.25) is 0 Å². The summed E-state index contributed by atoms with van der Waals surface area (Å²) in [6, 6.07) is 10.3. The number of halogens is 1. The summed E-state index contributed by atoms with van der Waals surface area (Å²) in [6.07, 6.45) is 2.46. The maximum Gasteiger partial charge on any atom is 0.251 e. The maximum absolute atomic E-state index is 11.7. The molecule has 1 aromatic carbocycles. The smallest absolute Gasteiger partial charge is 0.251 e. The largest absolute Gasteiger partial charge is 0.310 e. The predicted octanol–water partition coefficient (Wildman–Crippen LogP) is 3.08. The number of hydrogen-bond donors (Lipinski definition) is 2. The van der Waals surface area contributed by atoms with Gasteiger partial charge in [0.1, 0.15) is 5.82 Å². The first-order chi connectivity index (χ1) is 10.2. The molecule has 0 unspecified atom stereocenters. The molecule has 0 amide bonds. The lowest BCUT2D eigenvalue weighted by Crippen LogP contribution is -2.20. The zero-order valence-electron chi connectivity index (χ0n) is 11.4. The molecule has 0 spiro atoms. The van der Waals surface area contributed by atoms with Crippen LogP contribution in [0.3, 0.4) is 0 Å². The molecule has 2 N–H and O–H groups in total. The molecule has 2 aromatic rings. The van der Waals surface area contributed by atoms with Crippen molar-refractivity contribution < 1.29 is 0 Å². The summed E-state index contributed by atoms with van der Waals surface area (Å²) < 4.78 is 1.06. The van der Waals surface area contributed by atoms with E-state index < -0.39 is 0 Å². The first-order valence-corrected chi connectivity index (χ1v) is 8.68. The highest BCUT2D eigenvalue weighted by atomic mass is 79.9. The highest BCUT2D eigenvalue weighted by molar-refractivity contribution is 9.10. The van der Waals surface area contributed by atoms with Gasteiger partial charge in [-0.05, 0) is 37.1 Å². The number of aromatic nitrogens is 2. The van der Waals surface area contributed by atoms with Crippen molar-refractivity contribution in [2.45, 2.75) is 36.1 Å². The summed E-state index contributed by atoms with van der Waals surface area (Å²) in [5.74, 6) is 1.39. The lowest BCUT2D eigenvalue weighted by Gasteiger charge is -2.05. The van der Waals surface area contributed by atoms with Crippen molar-refractivity contribution in [1.82, 2.24) is 15.3 Å². The molecule has 0 atom stereocenters. The number of rotatable bonds is 6. The molecule has 1 fully saturated rings. The van der Waals surface area contributed by atoms with E-state index in [1.165, 1.54) is 12.8 Å². The minimum atomic E-state index is -0.0796. The van der Waals surface area contributed by atoms with Gasteiger partial charge in [-0.1, -0.05) is 15.9 Å². The Hall–Kier alpha value is -1.11. The molecule has 1 aliphatic carbocycles. The first-order valence-electron chi connectivity index (χ1n) is 6.90. The number of aromatic amines is 1. The minimum absolute atomic E-state index is 0.0796. The van der Waals surface area contributed by atoms with Crippen molar-refractivity contribution in [2.75, 3.05) is 0 Å². The molecule has 0 bridgehead atoms. The van der Waals surface area contributed by atoms with Crippen molar-refractivity contribution in [3.8, 4) is 0 Å². The molecule has 1 saturated carbocycles. The van der Waals surface area contributed by atoms with Gasteiger partial charge in [0.05, 0.1) is 11.4 Å². The average Bonchev–Trinajstić information content (AvgIpc) is 3.28. The Labute approximate surface area is 135 Å². The fourth-order valence-electron chi connectivity index (χ4n) is 1.94. The van der Waals surface area contributed by atoms with Crippen LogP contribution < -0.4 is 10.9 Å². The molecule has 6 heteroatoms. The second kappa shape index (κ2) is 6.77. The Morgan fingerprint density at radius 1 is 1.33 bits per heavy atom. The number of benzene rings is 1. The molecule has 110 valence electrons. The molecule has 1 heterocycles. The second-order valence-corrected chi connectivity index (χ2v) is 7.05. The summed E-state index contributed by atoms with van der Waals surface area (Å²) in [4.78, 5) is 20.2. The molecule has 21 heavy (non-hydrogen) atoms. The van der Waals surface area contributed by atoms with Crippen molar-refractivity contribution >= 4 is 27.7 Å². The highest BCUT2D eigenvalue weighted by Crippen LogP contribution is 2.23. The Morgan fingerprint density at radius 3 is 2.81 bits per heavy atom. The van der Waals surface area contributed by atoms with E-state index in [9.17, 15) is 4.79 Å². The summed E-state index contributed by atoms with van der Waals surface area (Å²) in [7, 11) is 0. The summed E-state index contributed by atoms with van der Waals surface area (Å²) in [5, 5.41) is 3.38. The molecular weight excluding hydrogens is 350 g/mol. The van der Waals surface area contributed by atoms with Gasteiger partial charge in [0.15, 0.2) is 0 Å². The molecular formula is C15H16BrN3OS. The lowest BCUT2D eigenvalue weighted by atomic mass is 10.4. The van der Waals surface area contributed by atoms with E-state index in [0.717, 1.165) is 20.9 Å². The molecule has 1 aromatic heterocycles. The number of nitrogens with one attached hydrogen (secondary N) is 2. The van der Waals surface area contributed by atoms with Gasteiger partial charge in [-0.2, -0.15) is 0 Å². The normalized spacial score (nSPS) is 14.3. The standard InChI is InChI=1S/C15H16BrN3OS/c16-10-1-5-13(6-2-10)21-9-14-18-12(7-15(20)19-14)8-17-11-3-4-11/h1-2,5-7,11,17H,3-4,8-9H2,(H,18,19,20). The fourth-order valence-corrected chi connectivity index (χ4v) is 2.97. The van der Waals surface area contributed by atoms with Crippen LogP contribution in [0.15, 0.2) is 44.5 Å². The lowest BCUT2D eigenvalue weighted by molar-refractivity contribution is 0.668. The monoisotopic (exact) mass is 365 g/mol. The van der Waals surface area contributed by atoms with Crippen LogP contribution in [0.25, 0.3) is 0 Å². The van der Waals surface area contributed by atoms with Crippen LogP contribution in [0.5, 0.6) is 0 Å². The molecule has 0 aliphatic heterocycles. The SMILES string of the molecule is O=c1cc(CNC2CC2)nc(CSc2ccc(Br)cc2)[nH]1. The topological polar surface area (TPSA) is 57.8 Å². The molecule has 0 saturated heterocycles. The van der Waals surface area contributed by atoms with Gasteiger partial charge in [-0.15, -0.1) is 11.8 Å². The Kier molecular flexibility index (Phi) is 4.77. The van der Waals surface area contributed by atoms with Gasteiger partial charge in [-0.25, -0.2) is 4.98 Å². The zero-order chi connectivity index (χ0) is 14.7. The van der Waals surface area contributed by atoms with E-state index in [1.54, 1.807) is 17.8 Å². The van der Waals surface area contributed by atoms with Crippen LogP contribution in [0, 0.1) is 0 Å². The van der Waals surface area contributed by atoms with Gasteiger partial charge in [0.25, 0.3) is 5.56 Å². The van der Waals surface area contributed by atoms with Crippen LogP contribution in [0.1, 0.15) is 24.4 Å². The van der Waals surface area contributed by atoms with Gasteiger partial charge in [-0.3, -0.25) is 4.79 Å².